The molecule has 1 spiro atoms. The lowest BCUT2D eigenvalue weighted by molar-refractivity contribution is -0.138. The van der Waals surface area contributed by atoms with Crippen molar-refractivity contribution >= 4 is 34.6 Å². The number of carbonyl (C=O) groups is 1. The number of alkyl halides is 3. The van der Waals surface area contributed by atoms with Crippen molar-refractivity contribution in [3.63, 3.8) is 0 Å². The summed E-state index contributed by atoms with van der Waals surface area (Å²) in [6, 6.07) is 6.82. The molecule has 2 aromatic rings. The van der Waals surface area contributed by atoms with Gasteiger partial charge in [0.15, 0.2) is 10.8 Å². The van der Waals surface area contributed by atoms with E-state index >= 15 is 0 Å². The van der Waals surface area contributed by atoms with Crippen LogP contribution in [0.15, 0.2) is 30.6 Å². The minimum Gasteiger partial charge on any atom is -0.474 e. The molecule has 2 bridgehead atoms. The summed E-state index contributed by atoms with van der Waals surface area (Å²) in [5, 5.41) is 9.14. The molecule has 38 heavy (non-hydrogen) atoms. The van der Waals surface area contributed by atoms with E-state index < -0.39 is 28.9 Å². The topological polar surface area (TPSA) is 85.6 Å². The highest BCUT2D eigenvalue weighted by Crippen LogP contribution is 2.48. The summed E-state index contributed by atoms with van der Waals surface area (Å²) >= 11 is 5.65. The largest absolute Gasteiger partial charge is 0.474 e. The fraction of sp³-hybridized carbons (Fsp3) is 0.500. The van der Waals surface area contributed by atoms with E-state index in [2.05, 4.69) is 21.9 Å². The van der Waals surface area contributed by atoms with Crippen molar-refractivity contribution < 1.29 is 22.7 Å². The number of nitrogens with zero attached hydrogens (tertiary/aromatic N) is 6. The molecule has 198 valence electrons. The van der Waals surface area contributed by atoms with Crippen molar-refractivity contribution in [3.05, 3.63) is 41.9 Å². The summed E-state index contributed by atoms with van der Waals surface area (Å²) in [6.07, 6.45) is 4.05. The van der Waals surface area contributed by atoms with E-state index in [1.54, 1.807) is 23.2 Å². The molecule has 4 aliphatic rings. The Kier molecular flexibility index (Phi) is 5.84. The number of thiocarbonyl (C=S) groups is 1. The summed E-state index contributed by atoms with van der Waals surface area (Å²) in [5.74, 6) is 0.0836. The lowest BCUT2D eigenvalue weighted by atomic mass is 9.75. The van der Waals surface area contributed by atoms with E-state index in [4.69, 9.17) is 22.2 Å². The number of fused-ring (bicyclic) bond motifs is 2. The second-order valence-corrected chi connectivity index (χ2v) is 10.8. The van der Waals surface area contributed by atoms with Crippen LogP contribution in [0.4, 0.5) is 24.5 Å². The van der Waals surface area contributed by atoms with E-state index in [1.165, 1.54) is 18.9 Å². The quantitative estimate of drug-likeness (QED) is 0.525. The van der Waals surface area contributed by atoms with Crippen LogP contribution in [0.25, 0.3) is 0 Å². The molecule has 8 nitrogen and oxygen atoms in total. The first-order valence-corrected chi connectivity index (χ1v) is 13.0. The van der Waals surface area contributed by atoms with E-state index in [9.17, 15) is 18.0 Å². The molecule has 6 rings (SSSR count). The van der Waals surface area contributed by atoms with Crippen molar-refractivity contribution in [3.8, 4) is 11.9 Å². The summed E-state index contributed by atoms with van der Waals surface area (Å²) in [6.45, 7) is 0. The Hall–Kier alpha value is -3.30. The van der Waals surface area contributed by atoms with Crippen LogP contribution >= 0.6 is 12.2 Å². The zero-order chi connectivity index (χ0) is 26.8. The number of aromatic nitrogens is 2. The SMILES string of the molecule is CN1[C@@H]2CC[C@H]1CC(Oc1ccc(N3C(=S)N(c4cnc(C#N)c(C(F)(F)F)c4)C(=O)C34CCC4)cn1)C2. The van der Waals surface area contributed by atoms with Crippen molar-refractivity contribution in [1.29, 1.82) is 5.26 Å². The molecular weight excluding hydrogens is 517 g/mol. The second kappa shape index (κ2) is 8.88. The normalized spacial score (nSPS) is 26.6. The first-order valence-electron chi connectivity index (χ1n) is 12.6. The van der Waals surface area contributed by atoms with E-state index in [-0.39, 0.29) is 16.9 Å². The third-order valence-electron chi connectivity index (χ3n) is 8.46. The van der Waals surface area contributed by atoms with Crippen LogP contribution in [-0.4, -0.2) is 56.7 Å². The average Bonchev–Trinajstić information content (AvgIpc) is 3.20. The number of carbonyl (C=O) groups excluding carboxylic acids is 1. The van der Waals surface area contributed by atoms with Gasteiger partial charge in [-0.25, -0.2) is 9.97 Å². The predicted octanol–water partition coefficient (Wildman–Crippen LogP) is 4.43. The molecule has 2 aromatic heterocycles. The Morgan fingerprint density at radius 3 is 2.37 bits per heavy atom. The van der Waals surface area contributed by atoms with Gasteiger partial charge in [-0.1, -0.05) is 0 Å². The number of rotatable bonds is 4. The van der Waals surface area contributed by atoms with Crippen LogP contribution in [0.5, 0.6) is 5.88 Å². The van der Waals surface area contributed by atoms with Gasteiger partial charge in [0.1, 0.15) is 17.7 Å². The van der Waals surface area contributed by atoms with Crippen LogP contribution in [0, 0.1) is 11.3 Å². The standard InChI is InChI=1S/C26H25F3N6O2S/c1-33-15-3-4-16(33)10-19(9-15)37-22-6-5-17(13-32-22)35-24(38)34(23(36)25(35)7-2-8-25)18-11-20(26(27,28)29)21(12-30)31-14-18/h5-6,11,13-16,19H,2-4,7-10H2,1H3/t15-,16+,19?. The predicted molar refractivity (Wildman–Crippen MR) is 136 cm³/mol. The molecule has 3 aliphatic heterocycles. The zero-order valence-corrected chi connectivity index (χ0v) is 21.4. The van der Waals surface area contributed by atoms with Gasteiger partial charge < -0.3 is 14.5 Å². The van der Waals surface area contributed by atoms with Gasteiger partial charge in [0.05, 0.1) is 29.3 Å². The van der Waals surface area contributed by atoms with Crippen molar-refractivity contribution in [2.24, 2.45) is 0 Å². The maximum atomic E-state index is 13.6. The third-order valence-corrected chi connectivity index (χ3v) is 8.82. The highest BCUT2D eigenvalue weighted by atomic mass is 32.1. The molecule has 0 radical (unpaired) electrons. The number of amides is 1. The zero-order valence-electron chi connectivity index (χ0n) is 20.6. The summed E-state index contributed by atoms with van der Waals surface area (Å²) < 4.78 is 46.9. The smallest absolute Gasteiger partial charge is 0.419 e. The van der Waals surface area contributed by atoms with Gasteiger partial charge in [0.25, 0.3) is 5.91 Å². The number of pyridine rings is 2. The van der Waals surface area contributed by atoms with Gasteiger partial charge in [0, 0.05) is 18.2 Å². The number of ether oxygens (including phenoxy) is 1. The van der Waals surface area contributed by atoms with Gasteiger partial charge in [-0.2, -0.15) is 18.4 Å². The number of nitriles is 1. The highest BCUT2D eigenvalue weighted by Gasteiger charge is 2.60. The van der Waals surface area contributed by atoms with Gasteiger partial charge in [-0.3, -0.25) is 9.69 Å². The Morgan fingerprint density at radius 2 is 1.82 bits per heavy atom. The van der Waals surface area contributed by atoms with Gasteiger partial charge in [-0.15, -0.1) is 0 Å². The van der Waals surface area contributed by atoms with Crippen molar-refractivity contribution in [1.82, 2.24) is 14.9 Å². The van der Waals surface area contributed by atoms with Crippen molar-refractivity contribution in [2.45, 2.75) is 74.8 Å². The second-order valence-electron chi connectivity index (χ2n) is 10.5. The number of hydrogen-bond donors (Lipinski definition) is 0. The number of hydrogen-bond acceptors (Lipinski definition) is 7. The van der Waals surface area contributed by atoms with Crippen LogP contribution in [0.2, 0.25) is 0 Å². The Bertz CT molecular complexity index is 1330. The number of anilines is 2. The highest BCUT2D eigenvalue weighted by molar-refractivity contribution is 7.81. The van der Waals surface area contributed by atoms with E-state index in [1.807, 2.05) is 0 Å². The molecule has 4 fully saturated rings. The molecule has 1 saturated carbocycles. The molecule has 0 aromatic carbocycles. The first kappa shape index (κ1) is 25.0. The number of halogens is 3. The first-order chi connectivity index (χ1) is 18.1. The summed E-state index contributed by atoms with van der Waals surface area (Å²) in [4.78, 5) is 27.0. The van der Waals surface area contributed by atoms with Gasteiger partial charge in [-0.05, 0) is 76.3 Å². The monoisotopic (exact) mass is 542 g/mol. The molecule has 0 N–H and O–H groups in total. The Balaban J connectivity index is 1.27. The average molecular weight is 543 g/mol. The molecule has 1 aliphatic carbocycles. The van der Waals surface area contributed by atoms with Crippen molar-refractivity contribution in [2.75, 3.05) is 16.8 Å². The molecule has 3 saturated heterocycles. The molecule has 12 heteroatoms. The Labute approximate surface area is 223 Å². The maximum Gasteiger partial charge on any atom is 0.419 e. The van der Waals surface area contributed by atoms with Crippen LogP contribution in [0.1, 0.15) is 56.2 Å². The minimum atomic E-state index is -4.81. The van der Waals surface area contributed by atoms with Crippen LogP contribution < -0.4 is 14.5 Å². The molecule has 1 unspecified atom stereocenters. The molecule has 3 atom stereocenters. The Morgan fingerprint density at radius 1 is 1.13 bits per heavy atom. The van der Waals surface area contributed by atoms with Gasteiger partial charge >= 0.3 is 6.18 Å². The minimum absolute atomic E-state index is 0.0525. The lowest BCUT2D eigenvalue weighted by Gasteiger charge is -2.42. The maximum absolute atomic E-state index is 13.6. The molecule has 5 heterocycles. The summed E-state index contributed by atoms with van der Waals surface area (Å²) in [5.41, 5.74) is -2.50. The van der Waals surface area contributed by atoms with E-state index in [0.717, 1.165) is 36.4 Å². The fourth-order valence-electron chi connectivity index (χ4n) is 6.29. The fourth-order valence-corrected chi connectivity index (χ4v) is 6.76. The molecule has 1 amide bonds. The van der Waals surface area contributed by atoms with E-state index in [0.29, 0.717) is 36.5 Å². The van der Waals surface area contributed by atoms with Crippen LogP contribution in [-0.2, 0) is 11.0 Å². The lowest BCUT2D eigenvalue weighted by Crippen LogP contribution is -2.55. The summed E-state index contributed by atoms with van der Waals surface area (Å²) in [7, 11) is 2.17. The van der Waals surface area contributed by atoms with Gasteiger partial charge in [0.2, 0.25) is 5.88 Å². The number of piperidine rings is 1. The van der Waals surface area contributed by atoms with Crippen LogP contribution in [0.3, 0.4) is 0 Å². The third kappa shape index (κ3) is 3.82. The molecular formula is C26H25F3N6O2S.